The number of hydrogen-bond donors (Lipinski definition) is 0. The molecule has 4 heterocycles. The number of hydrogen-bond acceptors (Lipinski definition) is 5. The fraction of sp³-hybridized carbons (Fsp3) is 0. The largest absolute Gasteiger partial charge is 0.308 e. The average molecular weight is 931 g/mol. The molecule has 13 rings (SSSR count). The molecule has 0 amide bonds. The molecule has 2 aromatic heterocycles. The standard InChI is InChI=1S/C55H36N2O5P2S2/c1-65(60)46-32-16-12-28-42(46)63(58,43-29-13-17-33-47(43)65)54-50-38-24-8-10-26-40(38)57(37-22-6-3-7-23-37)53(50)55(51-39-25-9-11-27-41(39)56(52(51)54)36-20-4-2-5-21-36)64(59)44-30-14-18-34-48(44)66(61,62)49-35-19-15-31-45(49)64/h2-35H,1H2. The van der Waals surface area contributed by atoms with E-state index in [1.54, 1.807) is 60.7 Å². The van der Waals surface area contributed by atoms with Gasteiger partial charge < -0.3 is 18.3 Å². The predicted molar refractivity (Wildman–Crippen MR) is 271 cm³/mol. The first-order valence-corrected chi connectivity index (χ1v) is 28.1. The van der Waals surface area contributed by atoms with Gasteiger partial charge in [-0.25, -0.2) is 8.42 Å². The normalized spacial score (nSPS) is 19.0. The van der Waals surface area contributed by atoms with Crippen molar-refractivity contribution in [3.8, 4) is 11.4 Å². The molecule has 9 aromatic carbocycles. The number of rotatable bonds is 4. The Morgan fingerprint density at radius 1 is 0.364 bits per heavy atom. The fourth-order valence-electron chi connectivity index (χ4n) is 10.8. The molecule has 0 spiro atoms. The maximum atomic E-state index is 18.0. The monoisotopic (exact) mass is 930 g/mol. The molecular formula is C55H36N2O5P2S2. The average Bonchev–Trinajstić information content (AvgIpc) is 3.88. The van der Waals surface area contributed by atoms with Crippen LogP contribution >= 0.6 is 14.3 Å². The predicted octanol–water partition coefficient (Wildman–Crippen LogP) is 9.75. The molecule has 0 saturated carbocycles. The second-order valence-electron chi connectivity index (χ2n) is 16.8. The van der Waals surface area contributed by atoms with E-state index in [-0.39, 0.29) is 20.4 Å². The lowest BCUT2D eigenvalue weighted by Crippen LogP contribution is -2.39. The van der Waals surface area contributed by atoms with Crippen molar-refractivity contribution in [2.24, 2.45) is 0 Å². The summed E-state index contributed by atoms with van der Waals surface area (Å²) in [5.41, 5.74) is 4.19. The van der Waals surface area contributed by atoms with Gasteiger partial charge in [-0.15, -0.1) is 0 Å². The lowest BCUT2D eigenvalue weighted by molar-refractivity contribution is 0.585. The number of aromatic nitrogens is 2. The molecule has 2 aliphatic rings. The molecule has 0 atom stereocenters. The van der Waals surface area contributed by atoms with Gasteiger partial charge in [0.25, 0.3) is 0 Å². The summed E-state index contributed by atoms with van der Waals surface area (Å²) in [6.45, 7) is 0. The molecule has 11 heteroatoms. The highest BCUT2D eigenvalue weighted by atomic mass is 32.2. The minimum Gasteiger partial charge on any atom is -0.308 e. The molecule has 0 radical (unpaired) electrons. The van der Waals surface area contributed by atoms with Crippen LogP contribution in [0.3, 0.4) is 0 Å². The van der Waals surface area contributed by atoms with Crippen LogP contribution < -0.4 is 31.8 Å². The minimum absolute atomic E-state index is 0.0142. The molecule has 7 nitrogen and oxygen atoms in total. The summed E-state index contributed by atoms with van der Waals surface area (Å²) in [6.07, 6.45) is 0. The second kappa shape index (κ2) is 13.8. The molecule has 66 heavy (non-hydrogen) atoms. The van der Waals surface area contributed by atoms with E-state index in [1.165, 1.54) is 0 Å². The van der Waals surface area contributed by atoms with Crippen molar-refractivity contribution in [1.82, 2.24) is 9.13 Å². The summed E-state index contributed by atoms with van der Waals surface area (Å²) in [7, 11) is -15.8. The Morgan fingerprint density at radius 3 is 1.06 bits per heavy atom. The Hall–Kier alpha value is -6.99. The molecule has 0 saturated heterocycles. The first-order chi connectivity index (χ1) is 32.1. The first kappa shape index (κ1) is 39.4. The van der Waals surface area contributed by atoms with Crippen LogP contribution in [0, 0.1) is 0 Å². The Balaban J connectivity index is 1.42. The Morgan fingerprint density at radius 2 is 0.667 bits per heavy atom. The minimum atomic E-state index is -4.30. The van der Waals surface area contributed by atoms with E-state index < -0.39 is 33.6 Å². The van der Waals surface area contributed by atoms with Gasteiger partial charge in [-0.05, 0) is 90.8 Å². The molecule has 2 aliphatic heterocycles. The highest BCUT2D eigenvalue weighted by molar-refractivity contribution is 8.03. The van der Waals surface area contributed by atoms with E-state index in [9.17, 15) is 8.42 Å². The van der Waals surface area contributed by atoms with Crippen molar-refractivity contribution in [2.45, 2.75) is 19.6 Å². The Bertz CT molecular complexity index is 3880. The molecule has 0 N–H and O–H groups in total. The molecule has 0 fully saturated rings. The highest BCUT2D eigenvalue weighted by Gasteiger charge is 2.50. The van der Waals surface area contributed by atoms with Gasteiger partial charge in [0.2, 0.25) is 9.84 Å². The summed E-state index contributed by atoms with van der Waals surface area (Å²) < 4.78 is 84.8. The third-order valence-corrected chi connectivity index (χ3v) is 24.5. The Kier molecular flexibility index (Phi) is 8.22. The van der Waals surface area contributed by atoms with Gasteiger partial charge in [0, 0.05) is 73.5 Å². The molecule has 0 bridgehead atoms. The van der Waals surface area contributed by atoms with Gasteiger partial charge in [-0.1, -0.05) is 121 Å². The SMILES string of the molecule is C=S1(=O)c2ccccc2P(=O)(c2c3c4ccccc4n(-c4ccccc4)c3c(P3(=O)c4ccccc4S(=O)(=O)c4ccccc43)c3c4ccccc4n(-c4ccccc4)c23)c2ccccc21. The molecular weight excluding hydrogens is 895 g/mol. The van der Waals surface area contributed by atoms with Gasteiger partial charge in [0.15, 0.2) is 14.3 Å². The smallest absolute Gasteiger partial charge is 0.208 e. The van der Waals surface area contributed by atoms with Crippen molar-refractivity contribution in [1.29, 1.82) is 0 Å². The van der Waals surface area contributed by atoms with Gasteiger partial charge in [0.05, 0.1) is 42.5 Å². The number of para-hydroxylation sites is 4. The van der Waals surface area contributed by atoms with E-state index >= 15 is 13.3 Å². The summed E-state index contributed by atoms with van der Waals surface area (Å²) in [6, 6.07) is 63.5. The number of nitrogens with zero attached hydrogens (tertiary/aromatic N) is 2. The molecule has 11 aromatic rings. The molecule has 318 valence electrons. The zero-order valence-electron chi connectivity index (χ0n) is 35.0. The third-order valence-electron chi connectivity index (χ3n) is 13.4. The third kappa shape index (κ3) is 4.90. The quantitative estimate of drug-likeness (QED) is 0.130. The van der Waals surface area contributed by atoms with E-state index in [0.29, 0.717) is 52.8 Å². The van der Waals surface area contributed by atoms with E-state index in [2.05, 4.69) is 15.0 Å². The van der Waals surface area contributed by atoms with Crippen LogP contribution in [0.25, 0.3) is 55.0 Å². The van der Waals surface area contributed by atoms with Gasteiger partial charge in [0.1, 0.15) is 0 Å². The number of fused-ring (bicyclic) bond motifs is 10. The maximum Gasteiger partial charge on any atom is 0.208 e. The van der Waals surface area contributed by atoms with Crippen LogP contribution in [-0.4, -0.2) is 27.6 Å². The van der Waals surface area contributed by atoms with Crippen LogP contribution in [-0.2, 0) is 28.5 Å². The Labute approximate surface area is 380 Å². The first-order valence-electron chi connectivity index (χ1n) is 21.4. The van der Waals surface area contributed by atoms with Gasteiger partial charge in [-0.3, -0.25) is 4.21 Å². The lowest BCUT2D eigenvalue weighted by Gasteiger charge is -2.34. The maximum absolute atomic E-state index is 18.0. The van der Waals surface area contributed by atoms with Crippen molar-refractivity contribution in [3.63, 3.8) is 0 Å². The van der Waals surface area contributed by atoms with Crippen molar-refractivity contribution in [3.05, 3.63) is 206 Å². The van der Waals surface area contributed by atoms with Crippen molar-refractivity contribution >= 4 is 115 Å². The van der Waals surface area contributed by atoms with E-state index in [0.717, 1.165) is 33.2 Å². The number of sulfone groups is 1. The summed E-state index contributed by atoms with van der Waals surface area (Å²) in [5.74, 6) is 4.34. The van der Waals surface area contributed by atoms with Crippen molar-refractivity contribution < 1.29 is 21.8 Å². The zero-order valence-corrected chi connectivity index (χ0v) is 38.4. The second-order valence-corrected chi connectivity index (χ2v) is 26.2. The highest BCUT2D eigenvalue weighted by Crippen LogP contribution is 2.59. The van der Waals surface area contributed by atoms with Crippen LogP contribution in [0.4, 0.5) is 0 Å². The molecule has 0 unspecified atom stereocenters. The van der Waals surface area contributed by atoms with Gasteiger partial charge in [-0.2, -0.15) is 0 Å². The van der Waals surface area contributed by atoms with Gasteiger partial charge >= 0.3 is 0 Å². The van der Waals surface area contributed by atoms with Crippen LogP contribution in [0.2, 0.25) is 0 Å². The summed E-state index contributed by atoms with van der Waals surface area (Å²) in [5, 5.41) is 4.86. The van der Waals surface area contributed by atoms with Crippen LogP contribution in [0.15, 0.2) is 226 Å². The fourth-order valence-corrected chi connectivity index (χ4v) is 23.3. The number of benzene rings is 9. The topological polar surface area (TPSA) is 95.2 Å². The van der Waals surface area contributed by atoms with Crippen LogP contribution in [0.1, 0.15) is 0 Å². The zero-order chi connectivity index (χ0) is 44.7. The van der Waals surface area contributed by atoms with Crippen molar-refractivity contribution in [2.75, 3.05) is 0 Å². The summed E-state index contributed by atoms with van der Waals surface area (Å²) >= 11 is 0. The van der Waals surface area contributed by atoms with E-state index in [1.807, 2.05) is 146 Å². The molecule has 0 aliphatic carbocycles. The lowest BCUT2D eigenvalue weighted by atomic mass is 10.1. The summed E-state index contributed by atoms with van der Waals surface area (Å²) in [4.78, 5) is 0.777. The van der Waals surface area contributed by atoms with E-state index in [4.69, 9.17) is 0 Å². The van der Waals surface area contributed by atoms with Crippen LogP contribution in [0.5, 0.6) is 0 Å².